The van der Waals surface area contributed by atoms with Gasteiger partial charge in [-0.2, -0.15) is 0 Å². The molecule has 4 heteroatoms. The molecule has 0 atom stereocenters. The molecule has 0 aromatic heterocycles. The molecule has 1 rings (SSSR count). The lowest BCUT2D eigenvalue weighted by Gasteiger charge is -2.07. The van der Waals surface area contributed by atoms with Gasteiger partial charge in [0.15, 0.2) is 0 Å². The molecule has 0 saturated heterocycles. The highest BCUT2D eigenvalue weighted by molar-refractivity contribution is 7.80. The summed E-state index contributed by atoms with van der Waals surface area (Å²) in [5.41, 5.74) is 0.634. The highest BCUT2D eigenvalue weighted by atomic mass is 32.1. The van der Waals surface area contributed by atoms with E-state index in [-0.39, 0.29) is 5.91 Å². The molecule has 0 unspecified atom stereocenters. The third kappa shape index (κ3) is 4.24. The Labute approximate surface area is 102 Å². The Kier molecular flexibility index (Phi) is 5.96. The molecule has 88 valence electrons. The van der Waals surface area contributed by atoms with Gasteiger partial charge in [0.25, 0.3) is 5.91 Å². The topological polar surface area (TPSA) is 41.1 Å². The molecule has 0 aliphatic rings. The molecule has 0 aliphatic heterocycles. The van der Waals surface area contributed by atoms with Crippen LogP contribution >= 0.6 is 12.6 Å². The van der Waals surface area contributed by atoms with E-state index in [4.69, 9.17) is 0 Å². The van der Waals surface area contributed by atoms with Crippen LogP contribution in [0.1, 0.15) is 23.7 Å². The molecule has 2 N–H and O–H groups in total. The second-order valence-corrected chi connectivity index (χ2v) is 3.96. The van der Waals surface area contributed by atoms with E-state index in [1.165, 1.54) is 0 Å². The summed E-state index contributed by atoms with van der Waals surface area (Å²) in [5, 5.41) is 6.08. The maximum atomic E-state index is 11.7. The lowest BCUT2D eigenvalue weighted by Crippen LogP contribution is -2.27. The maximum Gasteiger partial charge on any atom is 0.252 e. The summed E-state index contributed by atoms with van der Waals surface area (Å²) < 4.78 is 0. The first-order chi connectivity index (χ1) is 7.75. The van der Waals surface area contributed by atoms with E-state index < -0.39 is 0 Å². The van der Waals surface area contributed by atoms with Crippen molar-refractivity contribution in [1.29, 1.82) is 0 Å². The summed E-state index contributed by atoms with van der Waals surface area (Å²) in [6.07, 6.45) is 0.939. The van der Waals surface area contributed by atoms with Gasteiger partial charge in [0, 0.05) is 11.4 Å². The number of carbonyl (C=O) groups excluding carboxylic acids is 1. The number of hydrogen-bond acceptors (Lipinski definition) is 3. The molecule has 0 saturated carbocycles. The van der Waals surface area contributed by atoms with Gasteiger partial charge in [-0.05, 0) is 31.6 Å². The normalized spacial score (nSPS) is 10.1. The van der Waals surface area contributed by atoms with Crippen molar-refractivity contribution in [3.05, 3.63) is 29.8 Å². The summed E-state index contributed by atoms with van der Waals surface area (Å²) in [7, 11) is 0. The van der Waals surface area contributed by atoms with Crippen molar-refractivity contribution < 1.29 is 4.79 Å². The van der Waals surface area contributed by atoms with Gasteiger partial charge in [0.1, 0.15) is 0 Å². The van der Waals surface area contributed by atoms with Gasteiger partial charge in [0.05, 0.1) is 5.56 Å². The van der Waals surface area contributed by atoms with Crippen LogP contribution in [0.25, 0.3) is 0 Å². The number of thiol groups is 1. The Morgan fingerprint density at radius 1 is 1.31 bits per heavy atom. The van der Waals surface area contributed by atoms with E-state index in [0.717, 1.165) is 19.5 Å². The van der Waals surface area contributed by atoms with Crippen molar-refractivity contribution in [3.63, 3.8) is 0 Å². The summed E-state index contributed by atoms with van der Waals surface area (Å²) in [4.78, 5) is 12.4. The van der Waals surface area contributed by atoms with Crippen molar-refractivity contribution in [2.24, 2.45) is 0 Å². The average molecular weight is 238 g/mol. The second-order valence-electron chi connectivity index (χ2n) is 3.48. The van der Waals surface area contributed by atoms with Crippen LogP contribution in [0.4, 0.5) is 0 Å². The number of rotatable bonds is 6. The first-order valence-electron chi connectivity index (χ1n) is 5.52. The Morgan fingerprint density at radius 2 is 2.06 bits per heavy atom. The molecule has 1 amide bonds. The number of benzene rings is 1. The fraction of sp³-hybridized carbons (Fsp3) is 0.417. The maximum absolute atomic E-state index is 11.7. The minimum atomic E-state index is -0.0536. The fourth-order valence-electron chi connectivity index (χ4n) is 1.35. The molecule has 0 bridgehead atoms. The Balaban J connectivity index is 2.33. The molecule has 0 heterocycles. The highest BCUT2D eigenvalue weighted by Gasteiger charge is 2.06. The molecular formula is C12H18N2OS. The Morgan fingerprint density at radius 3 is 2.75 bits per heavy atom. The molecule has 0 spiro atoms. The number of hydrogen-bond donors (Lipinski definition) is 3. The molecule has 3 nitrogen and oxygen atoms in total. The lowest BCUT2D eigenvalue weighted by atomic mass is 10.2. The second kappa shape index (κ2) is 7.30. The third-order valence-electron chi connectivity index (χ3n) is 2.21. The van der Waals surface area contributed by atoms with Crippen LogP contribution in [0.5, 0.6) is 0 Å². The van der Waals surface area contributed by atoms with E-state index >= 15 is 0 Å². The van der Waals surface area contributed by atoms with E-state index in [2.05, 4.69) is 30.2 Å². The Hall–Kier alpha value is -1.00. The van der Waals surface area contributed by atoms with Crippen LogP contribution in [0.2, 0.25) is 0 Å². The van der Waals surface area contributed by atoms with E-state index in [1.807, 2.05) is 18.2 Å². The van der Waals surface area contributed by atoms with Gasteiger partial charge in [-0.1, -0.05) is 19.1 Å². The van der Waals surface area contributed by atoms with Gasteiger partial charge in [-0.3, -0.25) is 4.79 Å². The molecule has 1 aromatic rings. The summed E-state index contributed by atoms with van der Waals surface area (Å²) in [6, 6.07) is 7.30. The van der Waals surface area contributed by atoms with Crippen molar-refractivity contribution in [3.8, 4) is 0 Å². The minimum Gasteiger partial charge on any atom is -0.352 e. The van der Waals surface area contributed by atoms with Crippen molar-refractivity contribution in [2.45, 2.75) is 18.2 Å². The predicted octanol–water partition coefficient (Wildman–Crippen LogP) is 1.70. The zero-order chi connectivity index (χ0) is 11.8. The summed E-state index contributed by atoms with van der Waals surface area (Å²) in [5.74, 6) is -0.0536. The summed E-state index contributed by atoms with van der Waals surface area (Å²) >= 11 is 4.24. The van der Waals surface area contributed by atoms with Gasteiger partial charge in [0.2, 0.25) is 0 Å². The fourth-order valence-corrected chi connectivity index (χ4v) is 1.62. The molecule has 0 aliphatic carbocycles. The van der Waals surface area contributed by atoms with E-state index in [0.29, 0.717) is 17.0 Å². The van der Waals surface area contributed by atoms with Crippen molar-refractivity contribution >= 4 is 18.5 Å². The van der Waals surface area contributed by atoms with Gasteiger partial charge >= 0.3 is 0 Å². The zero-order valence-electron chi connectivity index (χ0n) is 9.49. The highest BCUT2D eigenvalue weighted by Crippen LogP contribution is 2.12. The minimum absolute atomic E-state index is 0.0536. The van der Waals surface area contributed by atoms with Crippen LogP contribution in [-0.2, 0) is 0 Å². The van der Waals surface area contributed by atoms with E-state index in [9.17, 15) is 4.79 Å². The number of nitrogens with one attached hydrogen (secondary N) is 2. The third-order valence-corrected chi connectivity index (χ3v) is 2.60. The van der Waals surface area contributed by atoms with Crippen LogP contribution in [0.15, 0.2) is 29.2 Å². The molecule has 0 radical (unpaired) electrons. The van der Waals surface area contributed by atoms with Crippen LogP contribution in [0.3, 0.4) is 0 Å². The van der Waals surface area contributed by atoms with Crippen LogP contribution in [-0.4, -0.2) is 25.5 Å². The van der Waals surface area contributed by atoms with Crippen LogP contribution < -0.4 is 10.6 Å². The van der Waals surface area contributed by atoms with E-state index in [1.54, 1.807) is 6.07 Å². The van der Waals surface area contributed by atoms with Gasteiger partial charge in [-0.15, -0.1) is 12.6 Å². The summed E-state index contributed by atoms with van der Waals surface area (Å²) in [6.45, 7) is 4.65. The Bertz CT molecular complexity index is 342. The zero-order valence-corrected chi connectivity index (χ0v) is 10.4. The number of carbonyl (C=O) groups is 1. The first-order valence-corrected chi connectivity index (χ1v) is 5.97. The SMILES string of the molecule is CCNCCCNC(=O)c1ccccc1S. The standard InChI is InChI=1S/C12H18N2OS/c1-2-13-8-5-9-14-12(15)10-6-3-4-7-11(10)16/h3-4,6-7,13,16H,2,5,8-9H2,1H3,(H,14,15). The van der Waals surface area contributed by atoms with Crippen molar-refractivity contribution in [1.82, 2.24) is 10.6 Å². The number of amides is 1. The van der Waals surface area contributed by atoms with Gasteiger partial charge < -0.3 is 10.6 Å². The molecule has 0 fully saturated rings. The average Bonchev–Trinajstić information content (AvgIpc) is 2.29. The smallest absolute Gasteiger partial charge is 0.252 e. The quantitative estimate of drug-likeness (QED) is 0.521. The van der Waals surface area contributed by atoms with Gasteiger partial charge in [-0.25, -0.2) is 0 Å². The monoisotopic (exact) mass is 238 g/mol. The van der Waals surface area contributed by atoms with Crippen LogP contribution in [0, 0.1) is 0 Å². The lowest BCUT2D eigenvalue weighted by molar-refractivity contribution is 0.0950. The first kappa shape index (κ1) is 13.1. The molecular weight excluding hydrogens is 220 g/mol. The molecule has 1 aromatic carbocycles. The largest absolute Gasteiger partial charge is 0.352 e. The van der Waals surface area contributed by atoms with Crippen molar-refractivity contribution in [2.75, 3.05) is 19.6 Å². The predicted molar refractivity (Wildman–Crippen MR) is 69.2 cm³/mol. The molecule has 16 heavy (non-hydrogen) atoms.